The van der Waals surface area contributed by atoms with E-state index < -0.39 is 0 Å². The number of nitrogens with two attached hydrogens (primary N) is 1. The number of halogens is 1. The van der Waals surface area contributed by atoms with Crippen molar-refractivity contribution in [3.63, 3.8) is 0 Å². The molecule has 90 valence electrons. The average molecular weight is 234 g/mol. The topological polar surface area (TPSA) is 47.1 Å². The molecule has 2 N–H and O–H groups in total. The molecule has 4 nitrogen and oxygen atoms in total. The van der Waals surface area contributed by atoms with E-state index in [0.29, 0.717) is 5.69 Å². The van der Waals surface area contributed by atoms with Gasteiger partial charge in [0.2, 0.25) is 0 Å². The van der Waals surface area contributed by atoms with Crippen LogP contribution in [0.15, 0.2) is 24.3 Å². The molecule has 1 heterocycles. The number of nitrogens with zero attached hydrogens (tertiary/aromatic N) is 3. The molecule has 0 spiro atoms. The van der Waals surface area contributed by atoms with Crippen LogP contribution in [0.5, 0.6) is 0 Å². The van der Waals surface area contributed by atoms with Gasteiger partial charge in [-0.25, -0.2) is 4.39 Å². The van der Waals surface area contributed by atoms with E-state index in [1.54, 1.807) is 10.7 Å². The molecule has 0 fully saturated rings. The summed E-state index contributed by atoms with van der Waals surface area (Å²) in [5, 5.41) is 4.24. The second kappa shape index (κ2) is 4.08. The molecule has 0 bridgehead atoms. The van der Waals surface area contributed by atoms with Crippen molar-refractivity contribution < 1.29 is 4.39 Å². The molecule has 0 aliphatic carbocycles. The average Bonchev–Trinajstić information content (AvgIpc) is 2.52. The largest absolute Gasteiger partial charge is 0.394 e. The van der Waals surface area contributed by atoms with Gasteiger partial charge in [0.05, 0.1) is 11.4 Å². The first kappa shape index (κ1) is 11.4. The molecule has 1 aromatic heterocycles. The minimum absolute atomic E-state index is 0.271. The highest BCUT2D eigenvalue weighted by Gasteiger charge is 2.15. The van der Waals surface area contributed by atoms with Crippen molar-refractivity contribution in [2.75, 3.05) is 17.7 Å². The maximum atomic E-state index is 13.2. The molecular formula is C12H15FN4. The zero-order valence-electron chi connectivity index (χ0n) is 10.1. The minimum atomic E-state index is -0.271. The second-order valence-electron chi connectivity index (χ2n) is 3.99. The van der Waals surface area contributed by atoms with Gasteiger partial charge in [-0.2, -0.15) is 5.10 Å². The quantitative estimate of drug-likeness (QED) is 0.866. The standard InChI is InChI=1S/C12H15FN4/c1-8-11(14)12(17(3)15-8)16(2)10-6-4-5-9(13)7-10/h4-7H,14H2,1-3H3. The molecule has 0 radical (unpaired) electrons. The van der Waals surface area contributed by atoms with Crippen LogP contribution in [0.4, 0.5) is 21.6 Å². The molecular weight excluding hydrogens is 219 g/mol. The molecule has 0 saturated heterocycles. The fraction of sp³-hybridized carbons (Fsp3) is 0.250. The molecule has 2 aromatic rings. The number of aryl methyl sites for hydroxylation is 2. The van der Waals surface area contributed by atoms with E-state index in [0.717, 1.165) is 17.2 Å². The lowest BCUT2D eigenvalue weighted by Gasteiger charge is -2.20. The Labute approximate surface area is 99.5 Å². The van der Waals surface area contributed by atoms with Gasteiger partial charge in [-0.3, -0.25) is 4.68 Å². The van der Waals surface area contributed by atoms with E-state index in [9.17, 15) is 4.39 Å². The van der Waals surface area contributed by atoms with Crippen LogP contribution in [-0.4, -0.2) is 16.8 Å². The van der Waals surface area contributed by atoms with Crippen LogP contribution >= 0.6 is 0 Å². The lowest BCUT2D eigenvalue weighted by molar-refractivity contribution is 0.627. The fourth-order valence-corrected chi connectivity index (χ4v) is 1.87. The van der Waals surface area contributed by atoms with Gasteiger partial charge in [0, 0.05) is 19.8 Å². The van der Waals surface area contributed by atoms with Crippen LogP contribution in [-0.2, 0) is 7.05 Å². The summed E-state index contributed by atoms with van der Waals surface area (Å²) < 4.78 is 14.9. The Bertz CT molecular complexity index is 547. The fourth-order valence-electron chi connectivity index (χ4n) is 1.87. The van der Waals surface area contributed by atoms with Gasteiger partial charge < -0.3 is 10.6 Å². The summed E-state index contributed by atoms with van der Waals surface area (Å²) in [7, 11) is 3.65. The molecule has 1 aromatic carbocycles. The van der Waals surface area contributed by atoms with Crippen molar-refractivity contribution in [1.82, 2.24) is 9.78 Å². The Morgan fingerprint density at radius 1 is 1.41 bits per heavy atom. The van der Waals surface area contributed by atoms with Gasteiger partial charge in [0.15, 0.2) is 5.82 Å². The highest BCUT2D eigenvalue weighted by Crippen LogP contribution is 2.30. The van der Waals surface area contributed by atoms with Gasteiger partial charge in [-0.05, 0) is 25.1 Å². The minimum Gasteiger partial charge on any atom is -0.394 e. The summed E-state index contributed by atoms with van der Waals surface area (Å²) in [5.41, 5.74) is 8.08. The maximum Gasteiger partial charge on any atom is 0.154 e. The predicted molar refractivity (Wildman–Crippen MR) is 66.8 cm³/mol. The molecule has 0 unspecified atom stereocenters. The number of hydrogen-bond donors (Lipinski definition) is 1. The number of hydrogen-bond acceptors (Lipinski definition) is 3. The zero-order chi connectivity index (χ0) is 12.6. The molecule has 5 heteroatoms. The SMILES string of the molecule is Cc1nn(C)c(N(C)c2cccc(F)c2)c1N. The van der Waals surface area contributed by atoms with E-state index in [2.05, 4.69) is 5.10 Å². The summed E-state index contributed by atoms with van der Waals surface area (Å²) in [6.07, 6.45) is 0. The number of anilines is 3. The summed E-state index contributed by atoms with van der Waals surface area (Å²) in [6.45, 7) is 1.85. The summed E-state index contributed by atoms with van der Waals surface area (Å²) in [4.78, 5) is 1.82. The number of rotatable bonds is 2. The Kier molecular flexibility index (Phi) is 2.75. The van der Waals surface area contributed by atoms with Crippen LogP contribution in [0.1, 0.15) is 5.69 Å². The summed E-state index contributed by atoms with van der Waals surface area (Å²) in [5.74, 6) is 0.486. The maximum absolute atomic E-state index is 13.2. The number of nitrogen functional groups attached to an aromatic ring is 1. The third-order valence-corrected chi connectivity index (χ3v) is 2.75. The highest BCUT2D eigenvalue weighted by atomic mass is 19.1. The first-order valence-corrected chi connectivity index (χ1v) is 5.29. The van der Waals surface area contributed by atoms with Gasteiger partial charge in [0.1, 0.15) is 5.82 Å². The third-order valence-electron chi connectivity index (χ3n) is 2.75. The summed E-state index contributed by atoms with van der Waals surface area (Å²) >= 11 is 0. The third kappa shape index (κ3) is 1.95. The second-order valence-corrected chi connectivity index (χ2v) is 3.99. The van der Waals surface area contributed by atoms with E-state index in [1.165, 1.54) is 12.1 Å². The van der Waals surface area contributed by atoms with Crippen molar-refractivity contribution >= 4 is 17.2 Å². The highest BCUT2D eigenvalue weighted by molar-refractivity contribution is 5.72. The van der Waals surface area contributed by atoms with E-state index in [4.69, 9.17) is 5.73 Å². The smallest absolute Gasteiger partial charge is 0.154 e. The lowest BCUT2D eigenvalue weighted by atomic mass is 10.2. The molecule has 0 aliphatic heterocycles. The van der Waals surface area contributed by atoms with Crippen LogP contribution in [0.25, 0.3) is 0 Å². The van der Waals surface area contributed by atoms with Crippen molar-refractivity contribution in [2.45, 2.75) is 6.92 Å². The normalized spacial score (nSPS) is 10.6. The predicted octanol–water partition coefficient (Wildman–Crippen LogP) is 2.22. The van der Waals surface area contributed by atoms with Crippen molar-refractivity contribution in [2.24, 2.45) is 7.05 Å². The molecule has 0 aliphatic rings. The Morgan fingerprint density at radius 3 is 2.65 bits per heavy atom. The van der Waals surface area contributed by atoms with Crippen molar-refractivity contribution in [3.8, 4) is 0 Å². The van der Waals surface area contributed by atoms with Crippen molar-refractivity contribution in [1.29, 1.82) is 0 Å². The Balaban J connectivity index is 2.47. The Hall–Kier alpha value is -2.04. The van der Waals surface area contributed by atoms with Gasteiger partial charge >= 0.3 is 0 Å². The molecule has 17 heavy (non-hydrogen) atoms. The van der Waals surface area contributed by atoms with Gasteiger partial charge in [-0.15, -0.1) is 0 Å². The molecule has 0 amide bonds. The van der Waals surface area contributed by atoms with Crippen molar-refractivity contribution in [3.05, 3.63) is 35.8 Å². The lowest BCUT2D eigenvalue weighted by Crippen LogP contribution is -2.15. The molecule has 2 rings (SSSR count). The van der Waals surface area contributed by atoms with Gasteiger partial charge in [0.25, 0.3) is 0 Å². The first-order valence-electron chi connectivity index (χ1n) is 5.29. The van der Waals surface area contributed by atoms with E-state index in [-0.39, 0.29) is 5.82 Å². The molecule has 0 saturated carbocycles. The monoisotopic (exact) mass is 234 g/mol. The Morgan fingerprint density at radius 2 is 2.12 bits per heavy atom. The van der Waals surface area contributed by atoms with Crippen LogP contribution in [0.3, 0.4) is 0 Å². The zero-order valence-corrected chi connectivity index (χ0v) is 10.1. The first-order chi connectivity index (χ1) is 8.00. The number of benzene rings is 1. The van der Waals surface area contributed by atoms with E-state index in [1.807, 2.05) is 32.0 Å². The van der Waals surface area contributed by atoms with Crippen LogP contribution < -0.4 is 10.6 Å². The van der Waals surface area contributed by atoms with Gasteiger partial charge in [-0.1, -0.05) is 6.07 Å². The van der Waals surface area contributed by atoms with Crippen LogP contribution in [0, 0.1) is 12.7 Å². The summed E-state index contributed by atoms with van der Waals surface area (Å²) in [6, 6.07) is 6.36. The van der Waals surface area contributed by atoms with E-state index >= 15 is 0 Å². The number of aromatic nitrogens is 2. The molecule has 0 atom stereocenters. The van der Waals surface area contributed by atoms with Crippen LogP contribution in [0.2, 0.25) is 0 Å².